The summed E-state index contributed by atoms with van der Waals surface area (Å²) in [6.07, 6.45) is 0. The Kier molecular flexibility index (Phi) is 5.00. The van der Waals surface area contributed by atoms with E-state index < -0.39 is 0 Å². The summed E-state index contributed by atoms with van der Waals surface area (Å²) in [5, 5.41) is 4.23. The summed E-state index contributed by atoms with van der Waals surface area (Å²) in [6.45, 7) is 11.2. The summed E-state index contributed by atoms with van der Waals surface area (Å²) in [5.74, 6) is 2.15. The van der Waals surface area contributed by atoms with Crippen LogP contribution in [-0.2, 0) is 6.54 Å². The average Bonchev–Trinajstić information content (AvgIpc) is 2.72. The maximum atomic E-state index is 5.74. The molecule has 3 N–H and O–H groups in total. The maximum Gasteiger partial charge on any atom is 0.181 e. The normalized spacial score (nSPS) is 12.2. The molecule has 0 atom stereocenters. The van der Waals surface area contributed by atoms with Gasteiger partial charge in [-0.2, -0.15) is 0 Å². The van der Waals surface area contributed by atoms with Gasteiger partial charge in [-0.15, -0.1) is 0 Å². The van der Waals surface area contributed by atoms with Gasteiger partial charge in [-0.05, 0) is 42.0 Å². The molecule has 0 amide bonds. The Balaban J connectivity index is 1.95. The van der Waals surface area contributed by atoms with Crippen LogP contribution in [0, 0.1) is 17.8 Å². The summed E-state index contributed by atoms with van der Waals surface area (Å²) in [6, 6.07) is 6.38. The molecular formula is C16H25N3S. The van der Waals surface area contributed by atoms with Gasteiger partial charge in [-0.1, -0.05) is 45.1 Å². The number of nitrogens with zero attached hydrogens (tertiary/aromatic N) is 1. The van der Waals surface area contributed by atoms with E-state index in [1.807, 2.05) is 0 Å². The number of hydrogen-bond acceptors (Lipinski definition) is 4. The number of aromatic nitrogens is 1. The zero-order chi connectivity index (χ0) is 14.7. The van der Waals surface area contributed by atoms with Gasteiger partial charge in [0, 0.05) is 6.54 Å². The van der Waals surface area contributed by atoms with Crippen LogP contribution in [0.15, 0.2) is 18.2 Å². The molecule has 0 unspecified atom stereocenters. The van der Waals surface area contributed by atoms with Crippen LogP contribution in [0.5, 0.6) is 0 Å². The molecule has 0 bridgehead atoms. The van der Waals surface area contributed by atoms with Crippen LogP contribution in [0.2, 0.25) is 0 Å². The predicted molar refractivity (Wildman–Crippen MR) is 88.9 cm³/mol. The molecule has 1 heterocycles. The van der Waals surface area contributed by atoms with Crippen LogP contribution in [0.3, 0.4) is 0 Å². The van der Waals surface area contributed by atoms with Crippen LogP contribution in [0.4, 0.5) is 5.13 Å². The van der Waals surface area contributed by atoms with Crippen LogP contribution in [0.1, 0.15) is 33.3 Å². The molecule has 4 heteroatoms. The van der Waals surface area contributed by atoms with Gasteiger partial charge in [0.25, 0.3) is 0 Å². The third-order valence-corrected chi connectivity index (χ3v) is 4.74. The highest BCUT2D eigenvalue weighted by atomic mass is 32.1. The predicted octanol–water partition coefficient (Wildman–Crippen LogP) is 3.90. The van der Waals surface area contributed by atoms with Crippen molar-refractivity contribution in [2.75, 3.05) is 12.3 Å². The van der Waals surface area contributed by atoms with Crippen LogP contribution in [0.25, 0.3) is 10.2 Å². The molecule has 0 aliphatic rings. The molecule has 0 saturated carbocycles. The van der Waals surface area contributed by atoms with Crippen molar-refractivity contribution in [1.82, 2.24) is 10.3 Å². The summed E-state index contributed by atoms with van der Waals surface area (Å²) in [7, 11) is 0. The smallest absolute Gasteiger partial charge is 0.181 e. The molecular weight excluding hydrogens is 266 g/mol. The van der Waals surface area contributed by atoms with Gasteiger partial charge >= 0.3 is 0 Å². The second-order valence-corrected chi connectivity index (χ2v) is 7.20. The molecule has 0 aliphatic heterocycles. The van der Waals surface area contributed by atoms with E-state index in [1.165, 1.54) is 10.3 Å². The van der Waals surface area contributed by atoms with E-state index in [9.17, 15) is 0 Å². The van der Waals surface area contributed by atoms with Gasteiger partial charge in [-0.25, -0.2) is 4.98 Å². The zero-order valence-electron chi connectivity index (χ0n) is 12.8. The van der Waals surface area contributed by atoms with Gasteiger partial charge in [-0.3, -0.25) is 0 Å². The first kappa shape index (κ1) is 15.3. The highest BCUT2D eigenvalue weighted by molar-refractivity contribution is 7.22. The van der Waals surface area contributed by atoms with E-state index >= 15 is 0 Å². The number of hydrogen-bond donors (Lipinski definition) is 2. The van der Waals surface area contributed by atoms with Crippen molar-refractivity contribution in [3.8, 4) is 0 Å². The quantitative estimate of drug-likeness (QED) is 0.848. The number of benzene rings is 1. The number of nitrogens with one attached hydrogen (secondary N) is 1. The summed E-state index contributed by atoms with van der Waals surface area (Å²) in [5.41, 5.74) is 8.04. The van der Waals surface area contributed by atoms with Crippen molar-refractivity contribution >= 4 is 26.7 Å². The van der Waals surface area contributed by atoms with Gasteiger partial charge < -0.3 is 11.1 Å². The highest BCUT2D eigenvalue weighted by Crippen LogP contribution is 2.24. The van der Waals surface area contributed by atoms with Gasteiger partial charge in [0.05, 0.1) is 10.2 Å². The standard InChI is InChI=1S/C16H25N3S/c1-10(2)13(11(3)4)9-18-8-12-5-6-14-15(7-12)20-16(17)19-14/h5-7,10-11,13,18H,8-9H2,1-4H3,(H2,17,19). The van der Waals surface area contributed by atoms with E-state index in [4.69, 9.17) is 5.73 Å². The minimum atomic E-state index is 0.643. The molecule has 0 spiro atoms. The van der Waals surface area contributed by atoms with E-state index in [2.05, 4.69) is 56.2 Å². The molecule has 2 aromatic rings. The molecule has 3 nitrogen and oxygen atoms in total. The first-order valence-electron chi connectivity index (χ1n) is 7.33. The lowest BCUT2D eigenvalue weighted by Crippen LogP contribution is -2.29. The number of nitrogens with two attached hydrogens (primary N) is 1. The molecule has 110 valence electrons. The highest BCUT2D eigenvalue weighted by Gasteiger charge is 2.16. The first-order valence-corrected chi connectivity index (χ1v) is 8.14. The Morgan fingerprint density at radius 1 is 1.20 bits per heavy atom. The van der Waals surface area contributed by atoms with Crippen molar-refractivity contribution in [2.45, 2.75) is 34.2 Å². The summed E-state index contributed by atoms with van der Waals surface area (Å²) < 4.78 is 1.17. The fraction of sp³-hybridized carbons (Fsp3) is 0.562. The van der Waals surface area contributed by atoms with E-state index in [0.717, 1.165) is 24.5 Å². The molecule has 2 rings (SSSR count). The maximum absolute atomic E-state index is 5.74. The number of fused-ring (bicyclic) bond motifs is 1. The fourth-order valence-corrected chi connectivity index (χ4v) is 3.52. The van der Waals surface area contributed by atoms with Crippen molar-refractivity contribution in [3.05, 3.63) is 23.8 Å². The van der Waals surface area contributed by atoms with Crippen LogP contribution < -0.4 is 11.1 Å². The van der Waals surface area contributed by atoms with Gasteiger partial charge in [0.2, 0.25) is 0 Å². The van der Waals surface area contributed by atoms with Crippen LogP contribution in [-0.4, -0.2) is 11.5 Å². The Labute approximate surface area is 125 Å². The average molecular weight is 291 g/mol. The van der Waals surface area contributed by atoms with E-state index in [-0.39, 0.29) is 0 Å². The molecule has 1 aromatic heterocycles. The molecule has 20 heavy (non-hydrogen) atoms. The molecule has 0 aliphatic carbocycles. The van der Waals surface area contributed by atoms with Crippen LogP contribution >= 0.6 is 11.3 Å². The zero-order valence-corrected chi connectivity index (χ0v) is 13.6. The van der Waals surface area contributed by atoms with Gasteiger partial charge in [0.15, 0.2) is 5.13 Å². The topological polar surface area (TPSA) is 50.9 Å². The monoisotopic (exact) mass is 291 g/mol. The first-order chi connectivity index (χ1) is 9.47. The molecule has 0 fully saturated rings. The number of anilines is 1. The Morgan fingerprint density at radius 2 is 1.90 bits per heavy atom. The lowest BCUT2D eigenvalue weighted by atomic mass is 9.85. The number of thiazole rings is 1. The third kappa shape index (κ3) is 3.70. The van der Waals surface area contributed by atoms with E-state index in [0.29, 0.717) is 17.0 Å². The van der Waals surface area contributed by atoms with Crippen molar-refractivity contribution in [1.29, 1.82) is 0 Å². The number of nitrogen functional groups attached to an aromatic ring is 1. The Morgan fingerprint density at radius 3 is 2.55 bits per heavy atom. The minimum Gasteiger partial charge on any atom is -0.375 e. The third-order valence-electron chi connectivity index (χ3n) is 3.89. The summed E-state index contributed by atoms with van der Waals surface area (Å²) >= 11 is 1.55. The SMILES string of the molecule is CC(C)C(CNCc1ccc2nc(N)sc2c1)C(C)C. The minimum absolute atomic E-state index is 0.643. The van der Waals surface area contributed by atoms with Crippen molar-refractivity contribution in [3.63, 3.8) is 0 Å². The molecule has 0 radical (unpaired) electrons. The molecule has 1 aromatic carbocycles. The lowest BCUT2D eigenvalue weighted by molar-refractivity contribution is 0.275. The Hall–Kier alpha value is -1.13. The van der Waals surface area contributed by atoms with Crippen molar-refractivity contribution in [2.24, 2.45) is 17.8 Å². The van der Waals surface area contributed by atoms with Crippen molar-refractivity contribution < 1.29 is 0 Å². The lowest BCUT2D eigenvalue weighted by Gasteiger charge is -2.25. The second-order valence-electron chi connectivity index (χ2n) is 6.14. The van der Waals surface area contributed by atoms with E-state index in [1.54, 1.807) is 11.3 Å². The fourth-order valence-electron chi connectivity index (χ4n) is 2.72. The second kappa shape index (κ2) is 6.55. The molecule has 0 saturated heterocycles. The summed E-state index contributed by atoms with van der Waals surface area (Å²) in [4.78, 5) is 4.29. The Bertz CT molecular complexity index is 552. The number of rotatable bonds is 6. The van der Waals surface area contributed by atoms with Gasteiger partial charge in [0.1, 0.15) is 0 Å². The largest absolute Gasteiger partial charge is 0.375 e.